The van der Waals surface area contributed by atoms with E-state index in [0.717, 1.165) is 64.2 Å². The fourth-order valence-corrected chi connectivity index (χ4v) is 7.44. The van der Waals surface area contributed by atoms with Crippen molar-refractivity contribution >= 4 is 17.9 Å². The molecule has 0 N–H and O–H groups in total. The molecule has 0 fully saturated rings. The quantitative estimate of drug-likeness (QED) is 0.0264. The van der Waals surface area contributed by atoms with Gasteiger partial charge in [0.05, 0.1) is 0 Å². The van der Waals surface area contributed by atoms with Crippen LogP contribution in [0.5, 0.6) is 0 Å². The monoisotopic (exact) mass is 805 g/mol. The van der Waals surface area contributed by atoms with Gasteiger partial charge in [0, 0.05) is 19.3 Å². The summed E-state index contributed by atoms with van der Waals surface area (Å²) in [5.41, 5.74) is 0. The van der Waals surface area contributed by atoms with E-state index in [2.05, 4.69) is 32.9 Å². The number of carbonyl (C=O) groups excluding carboxylic acids is 3. The molecule has 0 bridgehead atoms. The highest BCUT2D eigenvalue weighted by Gasteiger charge is 2.19. The van der Waals surface area contributed by atoms with Crippen LogP contribution in [0.15, 0.2) is 12.2 Å². The van der Waals surface area contributed by atoms with E-state index in [9.17, 15) is 14.4 Å². The topological polar surface area (TPSA) is 78.9 Å². The van der Waals surface area contributed by atoms with Gasteiger partial charge in [0.25, 0.3) is 0 Å². The van der Waals surface area contributed by atoms with Crippen LogP contribution in [0.25, 0.3) is 0 Å². The van der Waals surface area contributed by atoms with Crippen molar-refractivity contribution in [1.29, 1.82) is 0 Å². The molecule has 0 aliphatic rings. The van der Waals surface area contributed by atoms with Gasteiger partial charge in [-0.15, -0.1) is 0 Å². The molecule has 0 aromatic carbocycles. The first kappa shape index (κ1) is 55.2. The minimum absolute atomic E-state index is 0.0666. The van der Waals surface area contributed by atoms with Gasteiger partial charge in [0.2, 0.25) is 0 Å². The van der Waals surface area contributed by atoms with E-state index >= 15 is 0 Å². The molecular formula is C51H96O6. The first-order valence-electron chi connectivity index (χ1n) is 25.2. The Labute approximate surface area is 354 Å². The van der Waals surface area contributed by atoms with Crippen LogP contribution < -0.4 is 0 Å². The second kappa shape index (κ2) is 46.8. The summed E-state index contributed by atoms with van der Waals surface area (Å²) >= 11 is 0. The Morgan fingerprint density at radius 2 is 0.579 bits per heavy atom. The maximum atomic E-state index is 12.6. The Kier molecular flexibility index (Phi) is 45.3. The van der Waals surface area contributed by atoms with Crippen LogP contribution in [0, 0.1) is 0 Å². The number of esters is 3. The molecule has 0 heterocycles. The number of unbranched alkanes of at least 4 members (excludes halogenated alkanes) is 33. The van der Waals surface area contributed by atoms with E-state index in [1.165, 1.54) is 173 Å². The average Bonchev–Trinajstić information content (AvgIpc) is 3.21. The number of carbonyl (C=O) groups is 3. The largest absolute Gasteiger partial charge is 0.462 e. The van der Waals surface area contributed by atoms with Gasteiger partial charge in [-0.1, -0.05) is 226 Å². The third-order valence-electron chi connectivity index (χ3n) is 11.3. The maximum absolute atomic E-state index is 12.6. The summed E-state index contributed by atoms with van der Waals surface area (Å²) in [5.74, 6) is -0.873. The van der Waals surface area contributed by atoms with Crippen LogP contribution in [0.2, 0.25) is 0 Å². The zero-order chi connectivity index (χ0) is 41.5. The van der Waals surface area contributed by atoms with Gasteiger partial charge >= 0.3 is 17.9 Å². The molecule has 1 atom stereocenters. The van der Waals surface area contributed by atoms with Gasteiger partial charge in [-0.2, -0.15) is 0 Å². The summed E-state index contributed by atoms with van der Waals surface area (Å²) in [4.78, 5) is 37.4. The molecule has 0 saturated carbocycles. The van der Waals surface area contributed by atoms with Gasteiger partial charge < -0.3 is 14.2 Å². The molecular weight excluding hydrogens is 709 g/mol. The Bertz CT molecular complexity index is 885. The molecule has 0 aromatic rings. The van der Waals surface area contributed by atoms with Gasteiger partial charge in [-0.05, 0) is 44.9 Å². The molecule has 0 aliphatic carbocycles. The number of hydrogen-bond donors (Lipinski definition) is 0. The normalized spacial score (nSPS) is 12.0. The second-order valence-electron chi connectivity index (χ2n) is 17.1. The lowest BCUT2D eigenvalue weighted by atomic mass is 10.0. The van der Waals surface area contributed by atoms with Gasteiger partial charge in [0.1, 0.15) is 13.2 Å². The molecule has 0 rings (SSSR count). The zero-order valence-electron chi connectivity index (χ0n) is 38.4. The second-order valence-corrected chi connectivity index (χ2v) is 17.1. The van der Waals surface area contributed by atoms with Crippen molar-refractivity contribution in [3.05, 3.63) is 12.2 Å². The van der Waals surface area contributed by atoms with E-state index in [0.29, 0.717) is 19.3 Å². The van der Waals surface area contributed by atoms with Crippen molar-refractivity contribution < 1.29 is 28.6 Å². The fraction of sp³-hybridized carbons (Fsp3) is 0.902. The lowest BCUT2D eigenvalue weighted by Gasteiger charge is -2.18. The summed E-state index contributed by atoms with van der Waals surface area (Å²) in [7, 11) is 0. The maximum Gasteiger partial charge on any atom is 0.306 e. The van der Waals surface area contributed by atoms with Crippen LogP contribution in [-0.4, -0.2) is 37.2 Å². The molecule has 0 aliphatic heterocycles. The van der Waals surface area contributed by atoms with Crippen molar-refractivity contribution in [2.75, 3.05) is 13.2 Å². The Morgan fingerprint density at radius 1 is 0.333 bits per heavy atom. The average molecular weight is 805 g/mol. The lowest BCUT2D eigenvalue weighted by molar-refractivity contribution is -0.167. The Hall–Kier alpha value is -1.85. The molecule has 6 nitrogen and oxygen atoms in total. The highest BCUT2D eigenvalue weighted by atomic mass is 16.6. The smallest absolute Gasteiger partial charge is 0.306 e. The number of hydrogen-bond acceptors (Lipinski definition) is 6. The summed E-state index contributed by atoms with van der Waals surface area (Å²) in [6.45, 7) is 6.55. The van der Waals surface area contributed by atoms with Crippen LogP contribution in [0.1, 0.15) is 278 Å². The predicted octanol–water partition coefficient (Wildman–Crippen LogP) is 16.2. The molecule has 0 aromatic heterocycles. The summed E-state index contributed by atoms with van der Waals surface area (Å²) < 4.78 is 16.6. The first-order valence-corrected chi connectivity index (χ1v) is 25.2. The van der Waals surface area contributed by atoms with Crippen molar-refractivity contribution in [2.24, 2.45) is 0 Å². The van der Waals surface area contributed by atoms with E-state index < -0.39 is 6.10 Å². The van der Waals surface area contributed by atoms with Crippen molar-refractivity contribution in [1.82, 2.24) is 0 Å². The first-order chi connectivity index (χ1) is 28.0. The third-order valence-corrected chi connectivity index (χ3v) is 11.3. The third kappa shape index (κ3) is 45.1. The van der Waals surface area contributed by atoms with Gasteiger partial charge in [-0.3, -0.25) is 14.4 Å². The molecule has 0 radical (unpaired) electrons. The van der Waals surface area contributed by atoms with E-state index in [-0.39, 0.29) is 31.1 Å². The molecule has 6 heteroatoms. The molecule has 0 amide bonds. The van der Waals surface area contributed by atoms with Crippen LogP contribution in [-0.2, 0) is 28.6 Å². The van der Waals surface area contributed by atoms with E-state index in [4.69, 9.17) is 14.2 Å². The highest BCUT2D eigenvalue weighted by molar-refractivity contribution is 5.71. The Balaban J connectivity index is 3.95. The van der Waals surface area contributed by atoms with Crippen LogP contribution in [0.3, 0.4) is 0 Å². The minimum Gasteiger partial charge on any atom is -0.462 e. The standard InChI is InChI=1S/C51H96O6/c1-4-7-10-13-15-17-18-19-20-21-22-23-24-25-26-27-28-29-30-31-32-34-35-38-41-44-50(53)56-47-48(46-55-49(52)43-40-37-12-9-6-3)57-51(54)45-42-39-36-33-16-14-11-8-5-2/h21-22,48H,4-20,23-47H2,1-3H3/b22-21-. The Morgan fingerprint density at radius 3 is 0.877 bits per heavy atom. The van der Waals surface area contributed by atoms with Crippen molar-refractivity contribution in [3.63, 3.8) is 0 Å². The minimum atomic E-state index is -0.759. The van der Waals surface area contributed by atoms with Crippen molar-refractivity contribution in [2.45, 2.75) is 284 Å². The SMILES string of the molecule is CCCCCCCCCC/C=C\CCCCCCCCCCCCCCCC(=O)OCC(COC(=O)CCCCCCC)OC(=O)CCCCCCCCCCC. The van der Waals surface area contributed by atoms with Gasteiger partial charge in [-0.25, -0.2) is 0 Å². The summed E-state index contributed by atoms with van der Waals surface area (Å²) in [6.07, 6.45) is 51.1. The van der Waals surface area contributed by atoms with Crippen LogP contribution >= 0.6 is 0 Å². The number of ether oxygens (including phenoxy) is 3. The lowest BCUT2D eigenvalue weighted by Crippen LogP contribution is -2.30. The fourth-order valence-electron chi connectivity index (χ4n) is 7.44. The molecule has 0 saturated heterocycles. The molecule has 1 unspecified atom stereocenters. The van der Waals surface area contributed by atoms with E-state index in [1.807, 2.05) is 0 Å². The molecule has 0 spiro atoms. The van der Waals surface area contributed by atoms with Crippen molar-refractivity contribution in [3.8, 4) is 0 Å². The number of rotatable bonds is 46. The van der Waals surface area contributed by atoms with Gasteiger partial charge in [0.15, 0.2) is 6.10 Å². The molecule has 57 heavy (non-hydrogen) atoms. The number of allylic oxidation sites excluding steroid dienone is 2. The zero-order valence-corrected chi connectivity index (χ0v) is 38.4. The predicted molar refractivity (Wildman–Crippen MR) is 243 cm³/mol. The highest BCUT2D eigenvalue weighted by Crippen LogP contribution is 2.16. The van der Waals surface area contributed by atoms with Crippen LogP contribution in [0.4, 0.5) is 0 Å². The van der Waals surface area contributed by atoms with E-state index in [1.54, 1.807) is 0 Å². The summed E-state index contributed by atoms with van der Waals surface area (Å²) in [5, 5.41) is 0. The molecule has 336 valence electrons. The summed E-state index contributed by atoms with van der Waals surface area (Å²) in [6, 6.07) is 0.